The largest absolute Gasteiger partial charge is 0.494 e. The standard InChI is InChI=1S/C18H19NO5/c1-2-3-6-13-23-15-11-9-14(10-12-15)18(20)24-17-8-5-4-7-16(17)19(21)22/h4-5,7-12H,2-3,6,13H2,1H3. The van der Waals surface area contributed by atoms with Crippen LogP contribution in [0.3, 0.4) is 0 Å². The maximum absolute atomic E-state index is 12.1. The number of rotatable bonds is 8. The molecule has 24 heavy (non-hydrogen) atoms. The summed E-state index contributed by atoms with van der Waals surface area (Å²) in [6, 6.07) is 12.3. The number of esters is 1. The molecule has 0 spiro atoms. The van der Waals surface area contributed by atoms with E-state index in [1.807, 2.05) is 0 Å². The van der Waals surface area contributed by atoms with Crippen LogP contribution in [0.5, 0.6) is 11.5 Å². The second-order valence-corrected chi connectivity index (χ2v) is 5.19. The molecule has 0 aliphatic carbocycles. The number of ether oxygens (including phenoxy) is 2. The number of nitro groups is 1. The maximum Gasteiger partial charge on any atom is 0.343 e. The zero-order valence-electron chi connectivity index (χ0n) is 13.4. The van der Waals surface area contributed by atoms with Gasteiger partial charge in [-0.2, -0.15) is 0 Å². The Bertz CT molecular complexity index is 697. The lowest BCUT2D eigenvalue weighted by Crippen LogP contribution is -2.09. The van der Waals surface area contributed by atoms with Gasteiger partial charge in [0.1, 0.15) is 5.75 Å². The highest BCUT2D eigenvalue weighted by Gasteiger charge is 2.18. The Morgan fingerprint density at radius 2 is 1.79 bits per heavy atom. The average Bonchev–Trinajstić information content (AvgIpc) is 2.59. The van der Waals surface area contributed by atoms with E-state index in [-0.39, 0.29) is 11.4 Å². The Hall–Kier alpha value is -2.89. The third-order valence-corrected chi connectivity index (χ3v) is 3.37. The van der Waals surface area contributed by atoms with Crippen LogP contribution in [0, 0.1) is 10.1 Å². The molecule has 0 aliphatic heterocycles. The fourth-order valence-electron chi connectivity index (χ4n) is 2.08. The number of carbonyl (C=O) groups excluding carboxylic acids is 1. The van der Waals surface area contributed by atoms with Crippen LogP contribution in [0.4, 0.5) is 5.69 Å². The molecule has 0 saturated carbocycles. The van der Waals surface area contributed by atoms with E-state index < -0.39 is 10.9 Å². The van der Waals surface area contributed by atoms with Gasteiger partial charge in [0, 0.05) is 6.07 Å². The average molecular weight is 329 g/mol. The summed E-state index contributed by atoms with van der Waals surface area (Å²) in [6.45, 7) is 2.76. The van der Waals surface area contributed by atoms with E-state index in [0.29, 0.717) is 17.9 Å². The van der Waals surface area contributed by atoms with E-state index in [4.69, 9.17) is 9.47 Å². The van der Waals surface area contributed by atoms with Crippen LogP contribution < -0.4 is 9.47 Å². The quantitative estimate of drug-likeness (QED) is 0.236. The zero-order valence-corrected chi connectivity index (χ0v) is 13.4. The van der Waals surface area contributed by atoms with Gasteiger partial charge in [0.2, 0.25) is 5.75 Å². The van der Waals surface area contributed by atoms with Gasteiger partial charge in [-0.25, -0.2) is 4.79 Å². The zero-order chi connectivity index (χ0) is 17.4. The summed E-state index contributed by atoms with van der Waals surface area (Å²) in [5.41, 5.74) is 0.0517. The molecule has 6 nitrogen and oxygen atoms in total. The lowest BCUT2D eigenvalue weighted by molar-refractivity contribution is -0.385. The van der Waals surface area contributed by atoms with Crippen LogP contribution in [-0.2, 0) is 0 Å². The molecular formula is C18H19NO5. The highest BCUT2D eigenvalue weighted by Crippen LogP contribution is 2.26. The van der Waals surface area contributed by atoms with E-state index in [9.17, 15) is 14.9 Å². The van der Waals surface area contributed by atoms with Gasteiger partial charge < -0.3 is 9.47 Å². The van der Waals surface area contributed by atoms with Gasteiger partial charge in [0.05, 0.1) is 17.1 Å². The van der Waals surface area contributed by atoms with Crippen molar-refractivity contribution in [2.75, 3.05) is 6.61 Å². The van der Waals surface area contributed by atoms with Crippen molar-refractivity contribution in [3.05, 3.63) is 64.2 Å². The van der Waals surface area contributed by atoms with Gasteiger partial charge in [-0.3, -0.25) is 10.1 Å². The van der Waals surface area contributed by atoms with E-state index >= 15 is 0 Å². The second kappa shape index (κ2) is 8.67. The van der Waals surface area contributed by atoms with E-state index in [2.05, 4.69) is 6.92 Å². The van der Waals surface area contributed by atoms with Gasteiger partial charge in [0.15, 0.2) is 0 Å². The van der Waals surface area contributed by atoms with Crippen LogP contribution in [-0.4, -0.2) is 17.5 Å². The summed E-state index contributed by atoms with van der Waals surface area (Å²) in [5, 5.41) is 10.9. The fourth-order valence-corrected chi connectivity index (χ4v) is 2.08. The maximum atomic E-state index is 12.1. The normalized spacial score (nSPS) is 10.2. The van der Waals surface area contributed by atoms with Crippen molar-refractivity contribution < 1.29 is 19.2 Å². The molecule has 0 heterocycles. The number of para-hydroxylation sites is 2. The minimum absolute atomic E-state index is 0.0765. The Kier molecular flexibility index (Phi) is 6.31. The van der Waals surface area contributed by atoms with Gasteiger partial charge in [-0.1, -0.05) is 31.9 Å². The first-order valence-electron chi connectivity index (χ1n) is 7.80. The Morgan fingerprint density at radius 1 is 1.08 bits per heavy atom. The van der Waals surface area contributed by atoms with E-state index in [0.717, 1.165) is 19.3 Å². The van der Waals surface area contributed by atoms with Crippen molar-refractivity contribution in [1.29, 1.82) is 0 Å². The molecule has 126 valence electrons. The predicted molar refractivity (Wildman–Crippen MR) is 89.5 cm³/mol. The summed E-state index contributed by atoms with van der Waals surface area (Å²) < 4.78 is 10.7. The SMILES string of the molecule is CCCCCOc1ccc(C(=O)Oc2ccccc2[N+](=O)[O-])cc1. The number of nitrogens with zero attached hydrogens (tertiary/aromatic N) is 1. The van der Waals surface area contributed by atoms with Gasteiger partial charge >= 0.3 is 11.7 Å². The van der Waals surface area contributed by atoms with Gasteiger partial charge in [-0.15, -0.1) is 0 Å². The molecule has 0 atom stereocenters. The Labute approximate surface area is 140 Å². The number of unbranched alkanes of at least 4 members (excludes halogenated alkanes) is 2. The molecule has 0 amide bonds. The minimum Gasteiger partial charge on any atom is -0.494 e. The molecule has 6 heteroatoms. The highest BCUT2D eigenvalue weighted by atomic mass is 16.6. The lowest BCUT2D eigenvalue weighted by atomic mass is 10.2. The van der Waals surface area contributed by atoms with Crippen LogP contribution in [0.2, 0.25) is 0 Å². The topological polar surface area (TPSA) is 78.7 Å². The van der Waals surface area contributed by atoms with Crippen LogP contribution in [0.25, 0.3) is 0 Å². The van der Waals surface area contributed by atoms with Gasteiger partial charge in [0.25, 0.3) is 0 Å². The molecule has 2 rings (SSSR count). The molecule has 0 aromatic heterocycles. The highest BCUT2D eigenvalue weighted by molar-refractivity contribution is 5.91. The summed E-state index contributed by atoms with van der Waals surface area (Å²) in [7, 11) is 0. The van der Waals surface area contributed by atoms with E-state index in [1.54, 1.807) is 30.3 Å². The second-order valence-electron chi connectivity index (χ2n) is 5.19. The first-order valence-corrected chi connectivity index (χ1v) is 7.80. The summed E-state index contributed by atoms with van der Waals surface area (Å²) in [5.74, 6) is -0.0532. The van der Waals surface area contributed by atoms with Crippen LogP contribution >= 0.6 is 0 Å². The summed E-state index contributed by atoms with van der Waals surface area (Å²) in [6.07, 6.45) is 3.22. The number of hydrogen-bond donors (Lipinski definition) is 0. The lowest BCUT2D eigenvalue weighted by Gasteiger charge is -2.07. The first kappa shape index (κ1) is 17.5. The van der Waals surface area contributed by atoms with Gasteiger partial charge in [-0.05, 0) is 36.8 Å². The Balaban J connectivity index is 1.99. The first-order chi connectivity index (χ1) is 11.6. The molecule has 2 aromatic carbocycles. The minimum atomic E-state index is -0.651. The fraction of sp³-hybridized carbons (Fsp3) is 0.278. The third-order valence-electron chi connectivity index (χ3n) is 3.37. The van der Waals surface area contributed by atoms with Crippen molar-refractivity contribution in [2.45, 2.75) is 26.2 Å². The van der Waals surface area contributed by atoms with Crippen molar-refractivity contribution in [2.24, 2.45) is 0 Å². The molecule has 0 radical (unpaired) electrons. The van der Waals surface area contributed by atoms with Crippen LogP contribution in [0.1, 0.15) is 36.5 Å². The van der Waals surface area contributed by atoms with E-state index in [1.165, 1.54) is 18.2 Å². The van der Waals surface area contributed by atoms with Crippen molar-refractivity contribution in [3.8, 4) is 11.5 Å². The molecule has 0 unspecified atom stereocenters. The van der Waals surface area contributed by atoms with Crippen molar-refractivity contribution in [3.63, 3.8) is 0 Å². The molecule has 0 aliphatic rings. The molecule has 0 fully saturated rings. The number of nitro benzene ring substituents is 1. The molecule has 0 N–H and O–H groups in total. The number of carbonyl (C=O) groups is 1. The molecule has 2 aromatic rings. The summed E-state index contributed by atoms with van der Waals surface area (Å²) in [4.78, 5) is 22.5. The van der Waals surface area contributed by atoms with Crippen molar-refractivity contribution in [1.82, 2.24) is 0 Å². The summed E-state index contributed by atoms with van der Waals surface area (Å²) >= 11 is 0. The molecule has 0 bridgehead atoms. The monoisotopic (exact) mass is 329 g/mol. The number of hydrogen-bond acceptors (Lipinski definition) is 5. The number of benzene rings is 2. The third kappa shape index (κ3) is 4.81. The molecule has 0 saturated heterocycles. The Morgan fingerprint density at radius 3 is 2.46 bits per heavy atom. The van der Waals surface area contributed by atoms with Crippen molar-refractivity contribution >= 4 is 11.7 Å². The predicted octanol–water partition coefficient (Wildman–Crippen LogP) is 4.38. The smallest absolute Gasteiger partial charge is 0.343 e. The van der Waals surface area contributed by atoms with Crippen LogP contribution in [0.15, 0.2) is 48.5 Å². The molecular weight excluding hydrogens is 310 g/mol.